The second-order valence-electron chi connectivity index (χ2n) is 5.67. The normalized spacial score (nSPS) is 17.2. The molecule has 1 aliphatic heterocycles. The molecule has 0 saturated heterocycles. The van der Waals surface area contributed by atoms with Crippen LogP contribution in [0, 0.1) is 0 Å². The molecule has 1 atom stereocenters. The molecule has 1 amide bonds. The number of aliphatic hydroxyl groups excluding tert-OH is 1. The zero-order valence-electron chi connectivity index (χ0n) is 14.9. The average Bonchev–Trinajstić information content (AvgIpc) is 2.86. The third-order valence-electron chi connectivity index (χ3n) is 4.16. The summed E-state index contributed by atoms with van der Waals surface area (Å²) in [5.74, 6) is -0.385. The molecular weight excluding hydrogens is 326 g/mol. The molecule has 1 heterocycles. The Hall–Kier alpha value is -2.54. The van der Waals surface area contributed by atoms with Crippen molar-refractivity contribution in [3.05, 3.63) is 35.1 Å². The number of amides is 1. The summed E-state index contributed by atoms with van der Waals surface area (Å²) in [6, 6.07) is 4.42. The van der Waals surface area contributed by atoms with Gasteiger partial charge in [-0.05, 0) is 31.5 Å². The summed E-state index contributed by atoms with van der Waals surface area (Å²) in [5, 5.41) is 10.2. The molecule has 0 spiro atoms. The third kappa shape index (κ3) is 3.61. The first kappa shape index (κ1) is 18.8. The van der Waals surface area contributed by atoms with Crippen molar-refractivity contribution in [3.8, 4) is 11.5 Å². The Labute approximate surface area is 146 Å². The zero-order chi connectivity index (χ0) is 18.6. The molecule has 0 fully saturated rings. The van der Waals surface area contributed by atoms with E-state index in [0.29, 0.717) is 36.6 Å². The smallest absolute Gasteiger partial charge is 0.290 e. The Morgan fingerprint density at radius 1 is 1.24 bits per heavy atom. The number of benzene rings is 1. The standard InChI is InChI=1S/C18H23NO6/c1-11(20)15-16(13-10-12(24-3)6-7-14(13)25-4)19(8-5-9-23-2)18(22)17(15)21/h6-7,10,16,21H,5,8-9H2,1-4H3/t16-/m0/s1. The van der Waals surface area contributed by atoms with Crippen molar-refractivity contribution in [3.63, 3.8) is 0 Å². The average molecular weight is 349 g/mol. The summed E-state index contributed by atoms with van der Waals surface area (Å²) >= 11 is 0. The molecule has 0 bridgehead atoms. The van der Waals surface area contributed by atoms with E-state index in [1.807, 2.05) is 0 Å². The van der Waals surface area contributed by atoms with E-state index in [4.69, 9.17) is 14.2 Å². The molecule has 25 heavy (non-hydrogen) atoms. The highest BCUT2D eigenvalue weighted by atomic mass is 16.5. The van der Waals surface area contributed by atoms with Crippen molar-refractivity contribution in [2.24, 2.45) is 0 Å². The summed E-state index contributed by atoms with van der Waals surface area (Å²) in [6.07, 6.45) is 0.573. The van der Waals surface area contributed by atoms with Crippen molar-refractivity contribution in [2.75, 3.05) is 34.5 Å². The van der Waals surface area contributed by atoms with Crippen molar-refractivity contribution >= 4 is 11.7 Å². The molecule has 0 aromatic heterocycles. The topological polar surface area (TPSA) is 85.3 Å². The second-order valence-corrected chi connectivity index (χ2v) is 5.67. The number of carbonyl (C=O) groups excluding carboxylic acids is 2. The van der Waals surface area contributed by atoms with Crippen molar-refractivity contribution in [1.29, 1.82) is 0 Å². The van der Waals surface area contributed by atoms with Crippen molar-refractivity contribution in [1.82, 2.24) is 4.90 Å². The first-order valence-electron chi connectivity index (χ1n) is 7.92. The molecule has 136 valence electrons. The van der Waals surface area contributed by atoms with Gasteiger partial charge in [-0.1, -0.05) is 0 Å². The van der Waals surface area contributed by atoms with Gasteiger partial charge in [-0.3, -0.25) is 9.59 Å². The number of hydrogen-bond donors (Lipinski definition) is 1. The maximum absolute atomic E-state index is 12.5. The number of rotatable bonds is 8. The van der Waals surface area contributed by atoms with Gasteiger partial charge in [0.1, 0.15) is 11.5 Å². The Bertz CT molecular complexity index is 697. The lowest BCUT2D eigenvalue weighted by Crippen LogP contribution is -2.32. The van der Waals surface area contributed by atoms with E-state index in [-0.39, 0.29) is 11.4 Å². The lowest BCUT2D eigenvalue weighted by molar-refractivity contribution is -0.129. The first-order chi connectivity index (χ1) is 12.0. The van der Waals surface area contributed by atoms with E-state index < -0.39 is 17.7 Å². The predicted octanol–water partition coefficient (Wildman–Crippen LogP) is 2.02. The number of carbonyl (C=O) groups is 2. The van der Waals surface area contributed by atoms with Gasteiger partial charge >= 0.3 is 0 Å². The zero-order valence-corrected chi connectivity index (χ0v) is 14.9. The van der Waals surface area contributed by atoms with Crippen LogP contribution in [0.1, 0.15) is 24.9 Å². The Morgan fingerprint density at radius 3 is 2.52 bits per heavy atom. The summed E-state index contributed by atoms with van der Waals surface area (Å²) in [6.45, 7) is 2.12. The quantitative estimate of drug-likeness (QED) is 0.723. The number of aliphatic hydroxyl groups is 1. The van der Waals surface area contributed by atoms with Crippen LogP contribution in [0.5, 0.6) is 11.5 Å². The Morgan fingerprint density at radius 2 is 1.96 bits per heavy atom. The lowest BCUT2D eigenvalue weighted by atomic mass is 9.95. The van der Waals surface area contributed by atoms with Crippen LogP contribution in [0.4, 0.5) is 0 Å². The molecule has 7 heteroatoms. The van der Waals surface area contributed by atoms with E-state index in [9.17, 15) is 14.7 Å². The number of hydrogen-bond acceptors (Lipinski definition) is 6. The minimum atomic E-state index is -0.730. The van der Waals surface area contributed by atoms with Crippen LogP contribution in [-0.2, 0) is 14.3 Å². The molecule has 0 unspecified atom stereocenters. The predicted molar refractivity (Wildman–Crippen MR) is 90.8 cm³/mol. The van der Waals surface area contributed by atoms with E-state index in [2.05, 4.69) is 0 Å². The number of nitrogens with zero attached hydrogens (tertiary/aromatic N) is 1. The van der Waals surface area contributed by atoms with Gasteiger partial charge in [0.05, 0.1) is 25.8 Å². The van der Waals surface area contributed by atoms with Crippen LogP contribution in [0.3, 0.4) is 0 Å². The maximum Gasteiger partial charge on any atom is 0.290 e. The summed E-state index contributed by atoms with van der Waals surface area (Å²) in [5.41, 5.74) is 0.649. The monoisotopic (exact) mass is 349 g/mol. The van der Waals surface area contributed by atoms with Gasteiger partial charge in [0.2, 0.25) is 0 Å². The largest absolute Gasteiger partial charge is 0.503 e. The van der Waals surface area contributed by atoms with E-state index in [0.717, 1.165) is 0 Å². The fourth-order valence-electron chi connectivity index (χ4n) is 3.00. The van der Waals surface area contributed by atoms with Gasteiger partial charge < -0.3 is 24.2 Å². The lowest BCUT2D eigenvalue weighted by Gasteiger charge is -2.28. The molecule has 2 rings (SSSR count). The van der Waals surface area contributed by atoms with Crippen molar-refractivity contribution < 1.29 is 28.9 Å². The van der Waals surface area contributed by atoms with Gasteiger partial charge in [0.15, 0.2) is 11.5 Å². The molecule has 0 radical (unpaired) electrons. The molecular formula is C18H23NO6. The molecule has 1 aromatic carbocycles. The van der Waals surface area contributed by atoms with E-state index in [1.54, 1.807) is 25.3 Å². The van der Waals surface area contributed by atoms with Gasteiger partial charge in [-0.15, -0.1) is 0 Å². The molecule has 1 N–H and O–H groups in total. The van der Waals surface area contributed by atoms with Crippen LogP contribution in [-0.4, -0.2) is 56.2 Å². The summed E-state index contributed by atoms with van der Waals surface area (Å²) in [4.78, 5) is 26.1. The van der Waals surface area contributed by atoms with Gasteiger partial charge in [0.25, 0.3) is 5.91 Å². The van der Waals surface area contributed by atoms with Crippen molar-refractivity contribution in [2.45, 2.75) is 19.4 Å². The maximum atomic E-state index is 12.5. The number of ether oxygens (including phenoxy) is 3. The first-order valence-corrected chi connectivity index (χ1v) is 7.92. The molecule has 1 aromatic rings. The van der Waals surface area contributed by atoms with Gasteiger partial charge in [0, 0.05) is 25.8 Å². The van der Waals surface area contributed by atoms with Crippen LogP contribution in [0.25, 0.3) is 0 Å². The van der Waals surface area contributed by atoms with Gasteiger partial charge in [-0.25, -0.2) is 0 Å². The van der Waals surface area contributed by atoms with Crippen LogP contribution in [0.2, 0.25) is 0 Å². The minimum Gasteiger partial charge on any atom is -0.503 e. The van der Waals surface area contributed by atoms with Crippen LogP contribution < -0.4 is 9.47 Å². The molecule has 7 nitrogen and oxygen atoms in total. The Kier molecular flexibility index (Phi) is 6.03. The van der Waals surface area contributed by atoms with Crippen LogP contribution >= 0.6 is 0 Å². The van der Waals surface area contributed by atoms with Crippen LogP contribution in [0.15, 0.2) is 29.5 Å². The number of methoxy groups -OCH3 is 3. The van der Waals surface area contributed by atoms with E-state index >= 15 is 0 Å². The summed E-state index contributed by atoms with van der Waals surface area (Å²) in [7, 11) is 4.61. The third-order valence-corrected chi connectivity index (χ3v) is 4.16. The highest BCUT2D eigenvalue weighted by molar-refractivity contribution is 6.08. The highest BCUT2D eigenvalue weighted by Crippen LogP contribution is 2.42. The summed E-state index contributed by atoms with van der Waals surface area (Å²) < 4.78 is 15.7. The molecule has 0 aliphatic carbocycles. The van der Waals surface area contributed by atoms with Gasteiger partial charge in [-0.2, -0.15) is 0 Å². The highest BCUT2D eigenvalue weighted by Gasteiger charge is 2.43. The minimum absolute atomic E-state index is 0.0639. The number of Topliss-reactive ketones (excluding diaryl/α,β-unsaturated/α-hetero) is 1. The molecule has 0 saturated carbocycles. The number of ketones is 1. The second kappa shape index (κ2) is 8.02. The fourth-order valence-corrected chi connectivity index (χ4v) is 3.00. The SMILES string of the molecule is COCCCN1C(=O)C(O)=C(C(C)=O)[C@@H]1c1cc(OC)ccc1OC. The van der Waals surface area contributed by atoms with E-state index in [1.165, 1.54) is 26.0 Å². The Balaban J connectivity index is 2.54. The fraction of sp³-hybridized carbons (Fsp3) is 0.444. The molecule has 1 aliphatic rings.